The van der Waals surface area contributed by atoms with E-state index in [4.69, 9.17) is 14.2 Å². The van der Waals surface area contributed by atoms with Crippen molar-refractivity contribution in [1.82, 2.24) is 9.13 Å². The third-order valence-electron chi connectivity index (χ3n) is 8.39. The first kappa shape index (κ1) is 28.7. The highest BCUT2D eigenvalue weighted by atomic mass is 16.6. The summed E-state index contributed by atoms with van der Waals surface area (Å²) in [5.41, 5.74) is 5.23. The van der Waals surface area contributed by atoms with Crippen molar-refractivity contribution in [2.24, 2.45) is 0 Å². The number of hydrogen-bond donors (Lipinski definition) is 0. The van der Waals surface area contributed by atoms with Gasteiger partial charge in [0.05, 0.1) is 18.7 Å². The molecule has 1 aliphatic heterocycles. The summed E-state index contributed by atoms with van der Waals surface area (Å²) in [7, 11) is 0. The molecule has 8 heteroatoms. The molecule has 3 aromatic carbocycles. The maximum Gasteiger partial charge on any atom is 0.340 e. The number of aromatic nitrogens is 2. The number of cyclic esters (lactones) is 1. The van der Waals surface area contributed by atoms with Crippen LogP contribution in [0.4, 0.5) is 0 Å². The molecule has 0 saturated heterocycles. The Morgan fingerprint density at radius 3 is 1.70 bits per heavy atom. The topological polar surface area (TPSA) is 88.8 Å². The minimum absolute atomic E-state index is 0.148. The van der Waals surface area contributed by atoms with Crippen LogP contribution in [0.25, 0.3) is 21.8 Å². The molecule has 0 saturated carbocycles. The largest absolute Gasteiger partial charge is 0.461 e. The van der Waals surface area contributed by atoms with Crippen LogP contribution in [0.15, 0.2) is 98.1 Å². The summed E-state index contributed by atoms with van der Waals surface area (Å²) in [5, 5.41) is 1.83. The maximum atomic E-state index is 13.7. The van der Waals surface area contributed by atoms with Gasteiger partial charge in [0.2, 0.25) is 0 Å². The Kier molecular flexibility index (Phi) is 7.43. The zero-order valence-corrected chi connectivity index (χ0v) is 24.7. The second kappa shape index (κ2) is 11.4. The number of fused-ring (bicyclic) bond motifs is 3. The monoisotopic (exact) mass is 588 g/mol. The number of nitrogens with zero attached hydrogens (tertiary/aromatic N) is 2. The molecule has 44 heavy (non-hydrogen) atoms. The number of carbonyl (C=O) groups is 3. The van der Waals surface area contributed by atoms with E-state index in [0.717, 1.165) is 62.0 Å². The molecule has 0 spiro atoms. The van der Waals surface area contributed by atoms with Crippen molar-refractivity contribution in [3.63, 3.8) is 0 Å². The van der Waals surface area contributed by atoms with Crippen LogP contribution in [0.5, 0.6) is 0 Å². The summed E-state index contributed by atoms with van der Waals surface area (Å²) >= 11 is 0. The quantitative estimate of drug-likeness (QED) is 0.111. The van der Waals surface area contributed by atoms with E-state index in [2.05, 4.69) is 22.3 Å². The maximum absolute atomic E-state index is 13.7. The number of ether oxygens (including phenoxy) is 3. The molecule has 0 atom stereocenters. The molecular weight excluding hydrogens is 556 g/mol. The first-order chi connectivity index (χ1) is 21.3. The van der Waals surface area contributed by atoms with E-state index in [9.17, 15) is 14.4 Å². The smallest absolute Gasteiger partial charge is 0.340 e. The van der Waals surface area contributed by atoms with E-state index in [1.807, 2.05) is 80.6 Å². The van der Waals surface area contributed by atoms with Crippen LogP contribution < -0.4 is 0 Å². The van der Waals surface area contributed by atoms with E-state index in [1.54, 1.807) is 6.07 Å². The van der Waals surface area contributed by atoms with Crippen LogP contribution in [-0.2, 0) is 42.5 Å². The van der Waals surface area contributed by atoms with Crippen LogP contribution >= 0.6 is 0 Å². The molecule has 3 heterocycles. The molecule has 5 aromatic rings. The summed E-state index contributed by atoms with van der Waals surface area (Å²) in [6, 6.07) is 23.5. The van der Waals surface area contributed by atoms with Gasteiger partial charge in [0.25, 0.3) is 0 Å². The average molecular weight is 589 g/mol. The molecule has 8 nitrogen and oxygen atoms in total. The molecule has 222 valence electrons. The lowest BCUT2D eigenvalue weighted by Crippen LogP contribution is -2.31. The fourth-order valence-corrected chi connectivity index (χ4v) is 6.63. The molecule has 2 aromatic heterocycles. The van der Waals surface area contributed by atoms with Gasteiger partial charge in [0.15, 0.2) is 5.60 Å². The van der Waals surface area contributed by atoms with Crippen molar-refractivity contribution >= 4 is 39.7 Å². The van der Waals surface area contributed by atoms with E-state index < -0.39 is 23.5 Å². The van der Waals surface area contributed by atoms with Gasteiger partial charge in [-0.05, 0) is 32.0 Å². The zero-order chi connectivity index (χ0) is 31.0. The Balaban J connectivity index is 1.64. The second-order valence-electron chi connectivity index (χ2n) is 10.6. The summed E-state index contributed by atoms with van der Waals surface area (Å²) in [6.45, 7) is 12.1. The van der Waals surface area contributed by atoms with Crippen LogP contribution in [-0.4, -0.2) is 40.3 Å². The molecule has 6 rings (SSSR count). The Hall–Kier alpha value is -5.37. The molecule has 0 unspecified atom stereocenters. The van der Waals surface area contributed by atoms with Gasteiger partial charge in [0.1, 0.15) is 13.2 Å². The van der Waals surface area contributed by atoms with Crippen molar-refractivity contribution in [2.75, 3.05) is 13.2 Å². The number of benzene rings is 3. The highest BCUT2D eigenvalue weighted by Crippen LogP contribution is 2.53. The molecule has 0 radical (unpaired) electrons. The zero-order valence-electron chi connectivity index (χ0n) is 24.7. The normalized spacial score (nSPS) is 13.5. The summed E-state index contributed by atoms with van der Waals surface area (Å²) < 4.78 is 21.6. The first-order valence-electron chi connectivity index (χ1n) is 14.4. The lowest BCUT2D eigenvalue weighted by molar-refractivity contribution is -0.138. The minimum atomic E-state index is -1.30. The van der Waals surface area contributed by atoms with Gasteiger partial charge >= 0.3 is 17.9 Å². The lowest BCUT2D eigenvalue weighted by atomic mass is 9.77. The highest BCUT2D eigenvalue weighted by molar-refractivity contribution is 6.01. The Morgan fingerprint density at radius 2 is 1.20 bits per heavy atom. The SMILES string of the molecule is C=CC(=O)OCCn1c(C)c(C2(c3c(C)n(CCOC(=O)C=C)c4ccccc34)OC(=O)c3ccccc32)c2ccccc21. The summed E-state index contributed by atoms with van der Waals surface area (Å²) in [4.78, 5) is 37.4. The van der Waals surface area contributed by atoms with E-state index >= 15 is 0 Å². The van der Waals surface area contributed by atoms with Crippen LogP contribution in [0.2, 0.25) is 0 Å². The molecule has 0 bridgehead atoms. The number of rotatable bonds is 10. The third kappa shape index (κ3) is 4.41. The van der Waals surface area contributed by atoms with Crippen molar-refractivity contribution in [2.45, 2.75) is 32.5 Å². The molecule has 0 aliphatic carbocycles. The molecular formula is C36H32N2O6. The third-order valence-corrected chi connectivity index (χ3v) is 8.39. The Bertz CT molecular complexity index is 1870. The second-order valence-corrected chi connectivity index (χ2v) is 10.6. The van der Waals surface area contributed by atoms with Crippen LogP contribution in [0.3, 0.4) is 0 Å². The number of esters is 3. The minimum Gasteiger partial charge on any atom is -0.461 e. The van der Waals surface area contributed by atoms with Gasteiger partial charge in [-0.2, -0.15) is 0 Å². The summed E-state index contributed by atoms with van der Waals surface area (Å²) in [5.74, 6) is -1.39. The highest BCUT2D eigenvalue weighted by Gasteiger charge is 2.53. The van der Waals surface area contributed by atoms with Gasteiger partial charge in [0, 0.05) is 62.0 Å². The number of hydrogen-bond acceptors (Lipinski definition) is 6. The van der Waals surface area contributed by atoms with Gasteiger partial charge in [-0.3, -0.25) is 0 Å². The fraction of sp³-hybridized carbons (Fsp3) is 0.194. The number of carbonyl (C=O) groups excluding carboxylic acids is 3. The Morgan fingerprint density at radius 1 is 0.750 bits per heavy atom. The van der Waals surface area contributed by atoms with Crippen molar-refractivity contribution in [1.29, 1.82) is 0 Å². The summed E-state index contributed by atoms with van der Waals surface area (Å²) in [6.07, 6.45) is 2.29. The van der Waals surface area contributed by atoms with Crippen molar-refractivity contribution in [3.05, 3.63) is 132 Å². The Labute approximate surface area is 254 Å². The predicted octanol–water partition coefficient (Wildman–Crippen LogP) is 6.13. The molecule has 1 aliphatic rings. The fourth-order valence-electron chi connectivity index (χ4n) is 6.63. The lowest BCUT2D eigenvalue weighted by Gasteiger charge is -2.31. The van der Waals surface area contributed by atoms with Crippen LogP contribution in [0, 0.1) is 13.8 Å². The van der Waals surface area contributed by atoms with Crippen molar-refractivity contribution < 1.29 is 28.6 Å². The molecule has 0 amide bonds. The van der Waals surface area contributed by atoms with Gasteiger partial charge in [-0.15, -0.1) is 0 Å². The molecule has 0 N–H and O–H groups in total. The van der Waals surface area contributed by atoms with E-state index in [1.165, 1.54) is 0 Å². The van der Waals surface area contributed by atoms with Gasteiger partial charge in [-0.25, -0.2) is 14.4 Å². The van der Waals surface area contributed by atoms with Crippen LogP contribution in [0.1, 0.15) is 38.4 Å². The van der Waals surface area contributed by atoms with Gasteiger partial charge < -0.3 is 23.3 Å². The van der Waals surface area contributed by atoms with Crippen molar-refractivity contribution in [3.8, 4) is 0 Å². The number of para-hydroxylation sites is 2. The predicted molar refractivity (Wildman–Crippen MR) is 167 cm³/mol. The molecule has 0 fully saturated rings. The van der Waals surface area contributed by atoms with E-state index in [0.29, 0.717) is 18.7 Å². The van der Waals surface area contributed by atoms with E-state index in [-0.39, 0.29) is 13.2 Å². The average Bonchev–Trinajstić information content (AvgIpc) is 3.61. The van der Waals surface area contributed by atoms with Gasteiger partial charge in [-0.1, -0.05) is 67.8 Å². The first-order valence-corrected chi connectivity index (χ1v) is 14.4. The standard InChI is InChI=1S/C36H32N2O6/c1-5-31(39)42-21-19-37-23(3)33(26-14-8-11-17-29(26)37)36(28-16-10-7-13-25(28)35(41)44-36)34-24(4)38(20-22-43-32(40)6-2)30-18-12-9-15-27(30)34/h5-18H,1-2,19-22H2,3-4H3.